The maximum absolute atomic E-state index is 6.75. The number of aryl methyl sites for hydroxylation is 1. The fourth-order valence-corrected chi connectivity index (χ4v) is 10.3. The number of rotatable bonds is 5. The van der Waals surface area contributed by atoms with Crippen LogP contribution in [0.25, 0.3) is 55.3 Å². The molecule has 0 fully saturated rings. The molecule has 10 aromatic carbocycles. The monoisotopic (exact) mass is 818 g/mol. The summed E-state index contributed by atoms with van der Waals surface area (Å²) in [6, 6.07) is 78.7. The van der Waals surface area contributed by atoms with Gasteiger partial charge in [-0.3, -0.25) is 0 Å². The van der Waals surface area contributed by atoms with E-state index in [2.05, 4.69) is 211 Å². The van der Waals surface area contributed by atoms with Gasteiger partial charge in [-0.1, -0.05) is 152 Å². The second-order valence-corrected chi connectivity index (χ2v) is 16.9. The highest BCUT2D eigenvalue weighted by atomic mass is 16.6. The van der Waals surface area contributed by atoms with E-state index in [0.29, 0.717) is 23.0 Å². The quantitative estimate of drug-likeness (QED) is 0.162. The molecule has 0 saturated carbocycles. The van der Waals surface area contributed by atoms with Gasteiger partial charge in [0.2, 0.25) is 0 Å². The molecule has 0 unspecified atom stereocenters. The molecule has 3 aliphatic heterocycles. The number of fused-ring (bicyclic) bond motifs is 8. The average molecular weight is 819 g/mol. The highest BCUT2D eigenvalue weighted by Crippen LogP contribution is 2.53. The van der Waals surface area contributed by atoms with Crippen molar-refractivity contribution in [1.29, 1.82) is 0 Å². The van der Waals surface area contributed by atoms with Crippen LogP contribution in [0.2, 0.25) is 0 Å². The molecule has 0 spiro atoms. The van der Waals surface area contributed by atoms with Crippen molar-refractivity contribution < 1.29 is 9.47 Å². The normalized spacial score (nSPS) is 12.9. The summed E-state index contributed by atoms with van der Waals surface area (Å²) in [6.07, 6.45) is 0. The lowest BCUT2D eigenvalue weighted by Crippen LogP contribution is -2.61. The van der Waals surface area contributed by atoms with Crippen molar-refractivity contribution in [2.24, 2.45) is 0 Å². The molecule has 0 bridgehead atoms. The Morgan fingerprint density at radius 3 is 1.64 bits per heavy atom. The number of benzene rings is 10. The first kappa shape index (κ1) is 36.4. The lowest BCUT2D eigenvalue weighted by Gasteiger charge is -2.46. The topological polar surface area (TPSA) is 24.9 Å². The molecule has 0 amide bonds. The fraction of sp³-hybridized carbons (Fsp3) is 0.0169. The molecular weight excluding hydrogens is 779 g/mol. The van der Waals surface area contributed by atoms with Crippen molar-refractivity contribution in [3.8, 4) is 67.5 Å². The number of anilines is 5. The average Bonchev–Trinajstić information content (AvgIpc) is 3.36. The predicted octanol–water partition coefficient (Wildman–Crippen LogP) is 14.8. The number of nitrogens with zero attached hydrogens (tertiary/aromatic N) is 2. The van der Waals surface area contributed by atoms with Gasteiger partial charge in [0, 0.05) is 40.1 Å². The van der Waals surface area contributed by atoms with Crippen LogP contribution in [-0.2, 0) is 0 Å². The maximum atomic E-state index is 6.75. The minimum Gasteiger partial charge on any atom is -0.450 e. The van der Waals surface area contributed by atoms with Crippen LogP contribution >= 0.6 is 0 Å². The minimum absolute atomic E-state index is 0.229. The van der Waals surface area contributed by atoms with Crippen LogP contribution in [0.5, 0.6) is 23.0 Å². The second kappa shape index (κ2) is 14.4. The number of hydrogen-bond donors (Lipinski definition) is 0. The first-order valence-corrected chi connectivity index (χ1v) is 21.9. The zero-order valence-corrected chi connectivity index (χ0v) is 35.1. The Hall–Kier alpha value is -8.28. The van der Waals surface area contributed by atoms with Crippen molar-refractivity contribution >= 4 is 57.0 Å². The van der Waals surface area contributed by atoms with Gasteiger partial charge < -0.3 is 19.2 Å². The summed E-state index contributed by atoms with van der Waals surface area (Å²) in [6.45, 7) is 2.01. The molecular formula is C59H39BN2O2. The SMILES string of the molecule is Cc1cc(-c2ccccc2)ccc1N1c2cc3c(cc2B2c4c(cc(-c5ccccc5)cc41)-c1c(ccc4ccccc14)N2c1ccc(-c2ccccc2)cc1)Oc1ccccc1O3. The van der Waals surface area contributed by atoms with Gasteiger partial charge in [0.1, 0.15) is 0 Å². The molecule has 3 aliphatic rings. The molecule has 64 heavy (non-hydrogen) atoms. The Kier molecular flexibility index (Phi) is 8.19. The molecule has 0 radical (unpaired) electrons. The molecule has 0 aliphatic carbocycles. The van der Waals surface area contributed by atoms with Gasteiger partial charge in [0.05, 0.1) is 0 Å². The summed E-state index contributed by atoms with van der Waals surface area (Å²) in [5.74, 6) is 2.79. The lowest BCUT2D eigenvalue weighted by atomic mass is 9.43. The van der Waals surface area contributed by atoms with Crippen LogP contribution in [0, 0.1) is 6.92 Å². The summed E-state index contributed by atoms with van der Waals surface area (Å²) in [4.78, 5) is 5.05. The van der Waals surface area contributed by atoms with Crippen molar-refractivity contribution in [2.45, 2.75) is 6.92 Å². The van der Waals surface area contributed by atoms with Crippen LogP contribution in [0.3, 0.4) is 0 Å². The van der Waals surface area contributed by atoms with E-state index in [0.717, 1.165) is 39.5 Å². The van der Waals surface area contributed by atoms with Gasteiger partial charge in [0.15, 0.2) is 23.0 Å². The van der Waals surface area contributed by atoms with Gasteiger partial charge in [0.25, 0.3) is 0 Å². The third-order valence-corrected chi connectivity index (χ3v) is 13.2. The lowest BCUT2D eigenvalue weighted by molar-refractivity contribution is 0.360. The van der Waals surface area contributed by atoms with Crippen molar-refractivity contribution in [3.05, 3.63) is 224 Å². The van der Waals surface area contributed by atoms with Gasteiger partial charge in [-0.2, -0.15) is 0 Å². The van der Waals surface area contributed by atoms with Gasteiger partial charge in [-0.25, -0.2) is 0 Å². The van der Waals surface area contributed by atoms with Crippen LogP contribution in [0.1, 0.15) is 5.56 Å². The third-order valence-electron chi connectivity index (χ3n) is 13.2. The van der Waals surface area contributed by atoms with Crippen molar-refractivity contribution in [1.82, 2.24) is 0 Å². The summed E-state index contributed by atoms with van der Waals surface area (Å²) >= 11 is 0. The van der Waals surface area contributed by atoms with Crippen LogP contribution in [0.15, 0.2) is 218 Å². The zero-order chi connectivity index (χ0) is 42.3. The molecule has 0 N–H and O–H groups in total. The van der Waals surface area contributed by atoms with Crippen molar-refractivity contribution in [3.63, 3.8) is 0 Å². The Morgan fingerprint density at radius 1 is 0.391 bits per heavy atom. The molecule has 3 heterocycles. The van der Waals surface area contributed by atoms with Gasteiger partial charge in [-0.05, 0) is 134 Å². The summed E-state index contributed by atoms with van der Waals surface area (Å²) in [5.41, 5.74) is 18.6. The van der Waals surface area contributed by atoms with E-state index in [9.17, 15) is 0 Å². The van der Waals surface area contributed by atoms with E-state index in [-0.39, 0.29) is 6.85 Å². The molecule has 10 aromatic rings. The Morgan fingerprint density at radius 2 is 0.953 bits per heavy atom. The highest BCUT2D eigenvalue weighted by molar-refractivity contribution is 6.93. The molecule has 0 saturated heterocycles. The highest BCUT2D eigenvalue weighted by Gasteiger charge is 2.47. The third kappa shape index (κ3) is 5.71. The van der Waals surface area contributed by atoms with E-state index in [4.69, 9.17) is 9.47 Å². The Labute approximate surface area is 373 Å². The number of para-hydroxylation sites is 2. The minimum atomic E-state index is -0.229. The van der Waals surface area contributed by atoms with Crippen molar-refractivity contribution in [2.75, 3.05) is 9.71 Å². The van der Waals surface area contributed by atoms with Crippen LogP contribution in [-0.4, -0.2) is 6.85 Å². The Bertz CT molecular complexity index is 3460. The van der Waals surface area contributed by atoms with E-state index >= 15 is 0 Å². The van der Waals surface area contributed by atoms with E-state index in [1.807, 2.05) is 24.3 Å². The first-order valence-electron chi connectivity index (χ1n) is 21.9. The Balaban J connectivity index is 1.13. The molecule has 300 valence electrons. The first-order chi connectivity index (χ1) is 31.6. The molecule has 4 nitrogen and oxygen atoms in total. The smallest absolute Gasteiger partial charge is 0.333 e. The van der Waals surface area contributed by atoms with Gasteiger partial charge >= 0.3 is 6.85 Å². The molecule has 13 rings (SSSR count). The largest absolute Gasteiger partial charge is 0.450 e. The number of hydrogen-bond acceptors (Lipinski definition) is 4. The van der Waals surface area contributed by atoms with E-state index in [1.165, 1.54) is 60.7 Å². The second-order valence-electron chi connectivity index (χ2n) is 16.9. The summed E-state index contributed by atoms with van der Waals surface area (Å²) in [7, 11) is 0. The number of ether oxygens (including phenoxy) is 2. The fourth-order valence-electron chi connectivity index (χ4n) is 10.3. The predicted molar refractivity (Wildman–Crippen MR) is 265 cm³/mol. The van der Waals surface area contributed by atoms with E-state index in [1.54, 1.807) is 0 Å². The molecule has 0 atom stereocenters. The maximum Gasteiger partial charge on any atom is 0.333 e. The standard InChI is InChI=1S/C59H39BN2O2/c1-38-33-44(40-17-7-3-8-18-40)28-31-50(38)61-52-37-57-56(63-54-23-13-14-24-55(54)64-57)36-49(52)60-59-48(34-45(35-53(59)61)41-19-9-4-10-20-41)58-47-22-12-11-21-43(47)27-32-51(58)62(60)46-29-25-42(26-30-46)39-15-5-2-6-16-39/h2-37H,1H3. The van der Waals surface area contributed by atoms with Crippen LogP contribution < -0.4 is 30.1 Å². The van der Waals surface area contributed by atoms with Gasteiger partial charge in [-0.15, -0.1) is 0 Å². The molecule has 0 aromatic heterocycles. The molecule has 5 heteroatoms. The van der Waals surface area contributed by atoms with Crippen LogP contribution in [0.4, 0.5) is 28.4 Å². The zero-order valence-electron chi connectivity index (χ0n) is 35.1. The summed E-state index contributed by atoms with van der Waals surface area (Å²) < 4.78 is 13.5. The summed E-state index contributed by atoms with van der Waals surface area (Å²) in [5, 5.41) is 2.42. The van der Waals surface area contributed by atoms with E-state index < -0.39 is 0 Å².